The van der Waals surface area contributed by atoms with Crippen molar-refractivity contribution < 1.29 is 4.79 Å². The van der Waals surface area contributed by atoms with Crippen molar-refractivity contribution in [3.05, 3.63) is 77.9 Å². The van der Waals surface area contributed by atoms with E-state index in [1.54, 1.807) is 0 Å². The van der Waals surface area contributed by atoms with Gasteiger partial charge in [0.05, 0.1) is 6.54 Å². The Hall–Kier alpha value is -2.35. The quantitative estimate of drug-likeness (QED) is 0.542. The van der Waals surface area contributed by atoms with E-state index in [1.807, 2.05) is 53.4 Å². The molecule has 0 saturated heterocycles. The smallest absolute Gasteiger partial charge is 0.230 e. The Balaban J connectivity index is 2.21. The number of allylic oxidation sites excluding steroid dienone is 2. The topological polar surface area (TPSA) is 20.3 Å². The summed E-state index contributed by atoms with van der Waals surface area (Å²) in [5.41, 5.74) is 3.43. The highest BCUT2D eigenvalue weighted by molar-refractivity contribution is 5.94. The van der Waals surface area contributed by atoms with E-state index in [0.717, 1.165) is 30.5 Å². The minimum Gasteiger partial charge on any atom is -0.308 e. The maximum atomic E-state index is 13.3. The molecule has 0 fully saturated rings. The maximum Gasteiger partial charge on any atom is 0.230 e. The van der Waals surface area contributed by atoms with E-state index in [-0.39, 0.29) is 11.8 Å². The average Bonchev–Trinajstić information content (AvgIpc) is 2.64. The fraction of sp³-hybridized carbons (Fsp3) is 0.348. The Bertz CT molecular complexity index is 672. The number of amides is 1. The SMILES string of the molecule is CC[C@H](CCC=C(C)C)C(=O)N(Cc1ccccc1)c1ccccc1. The highest BCUT2D eigenvalue weighted by Crippen LogP contribution is 2.23. The molecule has 1 amide bonds. The molecule has 2 heteroatoms. The normalized spacial score (nSPS) is 11.6. The number of carbonyl (C=O) groups excluding carboxylic acids is 1. The van der Waals surface area contributed by atoms with Gasteiger partial charge < -0.3 is 4.90 Å². The van der Waals surface area contributed by atoms with E-state index < -0.39 is 0 Å². The zero-order valence-electron chi connectivity index (χ0n) is 15.6. The van der Waals surface area contributed by atoms with Gasteiger partial charge >= 0.3 is 0 Å². The van der Waals surface area contributed by atoms with Crippen LogP contribution in [0.25, 0.3) is 0 Å². The van der Waals surface area contributed by atoms with E-state index in [0.29, 0.717) is 6.54 Å². The first-order chi connectivity index (χ1) is 12.1. The molecule has 2 aromatic rings. The molecule has 0 spiro atoms. The van der Waals surface area contributed by atoms with Crippen molar-refractivity contribution in [2.24, 2.45) is 5.92 Å². The van der Waals surface area contributed by atoms with Crippen LogP contribution in [0.1, 0.15) is 45.6 Å². The zero-order chi connectivity index (χ0) is 18.1. The van der Waals surface area contributed by atoms with Gasteiger partial charge in [-0.05, 0) is 50.8 Å². The molecule has 0 aromatic heterocycles. The standard InChI is InChI=1S/C23H29NO/c1-4-21(15-11-12-19(2)3)23(25)24(22-16-9-6-10-17-22)18-20-13-7-5-8-14-20/h5-10,12-14,16-17,21H,4,11,15,18H2,1-3H3/t21-/m1/s1. The van der Waals surface area contributed by atoms with E-state index in [2.05, 4.69) is 39.0 Å². The van der Waals surface area contributed by atoms with Crippen molar-refractivity contribution in [3.63, 3.8) is 0 Å². The summed E-state index contributed by atoms with van der Waals surface area (Å²) >= 11 is 0. The minimum atomic E-state index is 0.0551. The van der Waals surface area contributed by atoms with Crippen LogP contribution in [0.15, 0.2) is 72.3 Å². The summed E-state index contributed by atoms with van der Waals surface area (Å²) in [6, 6.07) is 20.2. The highest BCUT2D eigenvalue weighted by atomic mass is 16.2. The van der Waals surface area contributed by atoms with Gasteiger partial charge in [0.25, 0.3) is 0 Å². The lowest BCUT2D eigenvalue weighted by molar-refractivity contribution is -0.122. The molecular weight excluding hydrogens is 306 g/mol. The lowest BCUT2D eigenvalue weighted by Gasteiger charge is -2.27. The third-order valence-corrected chi connectivity index (χ3v) is 4.43. The van der Waals surface area contributed by atoms with Crippen molar-refractivity contribution in [2.45, 2.75) is 46.6 Å². The summed E-state index contributed by atoms with van der Waals surface area (Å²) in [6.07, 6.45) is 4.95. The number of hydrogen-bond donors (Lipinski definition) is 0. The number of anilines is 1. The van der Waals surface area contributed by atoms with Gasteiger partial charge in [0.1, 0.15) is 0 Å². The molecule has 2 aromatic carbocycles. The van der Waals surface area contributed by atoms with Crippen LogP contribution in [0.5, 0.6) is 0 Å². The second-order valence-corrected chi connectivity index (χ2v) is 6.71. The van der Waals surface area contributed by atoms with Crippen molar-refractivity contribution in [1.29, 1.82) is 0 Å². The van der Waals surface area contributed by atoms with E-state index in [4.69, 9.17) is 0 Å². The monoisotopic (exact) mass is 335 g/mol. The largest absolute Gasteiger partial charge is 0.308 e. The van der Waals surface area contributed by atoms with Gasteiger partial charge in [-0.15, -0.1) is 0 Å². The number of hydrogen-bond acceptors (Lipinski definition) is 1. The van der Waals surface area contributed by atoms with Crippen LogP contribution in [0, 0.1) is 5.92 Å². The van der Waals surface area contributed by atoms with Crippen LogP contribution in [-0.4, -0.2) is 5.91 Å². The summed E-state index contributed by atoms with van der Waals surface area (Å²) < 4.78 is 0. The van der Waals surface area contributed by atoms with Gasteiger partial charge in [-0.3, -0.25) is 4.79 Å². The fourth-order valence-electron chi connectivity index (χ4n) is 2.97. The number of para-hydroxylation sites is 1. The Morgan fingerprint density at radius 3 is 2.16 bits per heavy atom. The average molecular weight is 335 g/mol. The number of benzene rings is 2. The number of carbonyl (C=O) groups is 1. The van der Waals surface area contributed by atoms with E-state index in [1.165, 1.54) is 5.57 Å². The zero-order valence-corrected chi connectivity index (χ0v) is 15.6. The lowest BCUT2D eigenvalue weighted by atomic mass is 9.97. The molecule has 0 bridgehead atoms. The van der Waals surface area contributed by atoms with Gasteiger partial charge in [-0.1, -0.05) is 67.1 Å². The lowest BCUT2D eigenvalue weighted by Crippen LogP contribution is -2.35. The second-order valence-electron chi connectivity index (χ2n) is 6.71. The molecule has 0 heterocycles. The number of rotatable bonds is 8. The third kappa shape index (κ3) is 5.90. The maximum absolute atomic E-state index is 13.3. The van der Waals surface area contributed by atoms with Crippen molar-refractivity contribution >= 4 is 11.6 Å². The molecule has 0 aliphatic heterocycles. The fourth-order valence-corrected chi connectivity index (χ4v) is 2.97. The molecule has 25 heavy (non-hydrogen) atoms. The Morgan fingerprint density at radius 2 is 1.60 bits per heavy atom. The first-order valence-corrected chi connectivity index (χ1v) is 9.15. The van der Waals surface area contributed by atoms with Gasteiger partial charge in [0, 0.05) is 11.6 Å². The van der Waals surface area contributed by atoms with Crippen molar-refractivity contribution in [1.82, 2.24) is 0 Å². The Labute approximate surface area is 152 Å². The molecule has 0 N–H and O–H groups in total. The van der Waals surface area contributed by atoms with Gasteiger partial charge in [-0.2, -0.15) is 0 Å². The molecule has 132 valence electrons. The predicted molar refractivity (Wildman–Crippen MR) is 107 cm³/mol. The molecule has 0 unspecified atom stereocenters. The third-order valence-electron chi connectivity index (χ3n) is 4.43. The molecular formula is C23H29NO. The van der Waals surface area contributed by atoms with Crippen molar-refractivity contribution in [2.75, 3.05) is 4.90 Å². The molecule has 1 atom stereocenters. The summed E-state index contributed by atoms with van der Waals surface area (Å²) in [6.45, 7) is 6.93. The number of nitrogens with zero attached hydrogens (tertiary/aromatic N) is 1. The second kappa shape index (κ2) is 9.83. The van der Waals surface area contributed by atoms with Crippen molar-refractivity contribution in [3.8, 4) is 0 Å². The van der Waals surface area contributed by atoms with Crippen LogP contribution in [-0.2, 0) is 11.3 Å². The molecule has 0 saturated carbocycles. The summed E-state index contributed by atoms with van der Waals surface area (Å²) in [5, 5.41) is 0. The predicted octanol–water partition coefficient (Wildman–Crippen LogP) is 5.99. The van der Waals surface area contributed by atoms with Crippen LogP contribution >= 0.6 is 0 Å². The first kappa shape index (κ1) is 19.0. The van der Waals surface area contributed by atoms with Gasteiger partial charge in [0.2, 0.25) is 5.91 Å². The summed E-state index contributed by atoms with van der Waals surface area (Å²) in [4.78, 5) is 15.2. The highest BCUT2D eigenvalue weighted by Gasteiger charge is 2.23. The molecule has 0 aliphatic carbocycles. The van der Waals surface area contributed by atoms with Crippen LogP contribution in [0.4, 0.5) is 5.69 Å². The van der Waals surface area contributed by atoms with Crippen LogP contribution in [0.2, 0.25) is 0 Å². The first-order valence-electron chi connectivity index (χ1n) is 9.15. The Morgan fingerprint density at radius 1 is 1.00 bits per heavy atom. The molecule has 2 nitrogen and oxygen atoms in total. The van der Waals surface area contributed by atoms with Gasteiger partial charge in [-0.25, -0.2) is 0 Å². The molecule has 0 radical (unpaired) electrons. The van der Waals surface area contributed by atoms with E-state index >= 15 is 0 Å². The van der Waals surface area contributed by atoms with Crippen LogP contribution in [0.3, 0.4) is 0 Å². The van der Waals surface area contributed by atoms with Crippen LogP contribution < -0.4 is 4.90 Å². The minimum absolute atomic E-state index is 0.0551. The van der Waals surface area contributed by atoms with Gasteiger partial charge in [0.15, 0.2) is 0 Å². The Kier molecular flexibility index (Phi) is 7.46. The molecule has 0 aliphatic rings. The molecule has 2 rings (SSSR count). The summed E-state index contributed by atoms with van der Waals surface area (Å²) in [7, 11) is 0. The summed E-state index contributed by atoms with van der Waals surface area (Å²) in [5.74, 6) is 0.277. The van der Waals surface area contributed by atoms with E-state index in [9.17, 15) is 4.79 Å².